The first-order valence-corrected chi connectivity index (χ1v) is 15.3. The van der Waals surface area contributed by atoms with Crippen molar-refractivity contribution in [1.82, 2.24) is 15.5 Å². The Morgan fingerprint density at radius 1 is 0.953 bits per heavy atom. The van der Waals surface area contributed by atoms with E-state index >= 15 is 0 Å². The second-order valence-corrected chi connectivity index (χ2v) is 12.3. The van der Waals surface area contributed by atoms with Gasteiger partial charge < -0.3 is 19.4 Å². The van der Waals surface area contributed by atoms with Crippen LogP contribution in [0.3, 0.4) is 0 Å². The number of aryl methyl sites for hydroxylation is 2. The smallest absolute Gasteiger partial charge is 0.258 e. The molecular formula is C36H34N4O3. The maximum Gasteiger partial charge on any atom is 0.258 e. The molecule has 0 bridgehead atoms. The monoisotopic (exact) mass is 570 g/mol. The molecule has 8 rings (SSSR count). The van der Waals surface area contributed by atoms with Crippen LogP contribution in [0, 0.1) is 6.92 Å². The maximum atomic E-state index is 14.2. The average Bonchev–Trinajstić information content (AvgIpc) is 3.62. The number of piperidine rings is 1. The van der Waals surface area contributed by atoms with Crippen LogP contribution in [0.15, 0.2) is 77.2 Å². The van der Waals surface area contributed by atoms with Crippen LogP contribution in [0.25, 0.3) is 33.4 Å². The number of hydrogen-bond donors (Lipinski definition) is 1. The molecule has 4 heterocycles. The first kappa shape index (κ1) is 26.2. The predicted molar refractivity (Wildman–Crippen MR) is 168 cm³/mol. The van der Waals surface area contributed by atoms with Gasteiger partial charge in [-0.3, -0.25) is 4.79 Å². The number of benzene rings is 4. The second-order valence-electron chi connectivity index (χ2n) is 12.3. The fourth-order valence-corrected chi connectivity index (χ4v) is 7.31. The first-order chi connectivity index (χ1) is 21.0. The Labute approximate surface area is 250 Å². The highest BCUT2D eigenvalue weighted by Gasteiger charge is 2.43. The Morgan fingerprint density at radius 3 is 2.44 bits per heavy atom. The summed E-state index contributed by atoms with van der Waals surface area (Å²) >= 11 is 0. The molecule has 1 saturated heterocycles. The first-order valence-electron chi connectivity index (χ1n) is 15.3. The third-order valence-corrected chi connectivity index (χ3v) is 9.69. The number of nitrogens with one attached hydrogen (secondary N) is 1. The molecule has 5 aromatic rings. The van der Waals surface area contributed by atoms with E-state index in [0.717, 1.165) is 84.3 Å². The van der Waals surface area contributed by atoms with E-state index in [1.54, 1.807) is 6.92 Å². The van der Waals surface area contributed by atoms with Gasteiger partial charge >= 0.3 is 0 Å². The molecule has 7 heteroatoms. The predicted octanol–water partition coefficient (Wildman–Crippen LogP) is 6.86. The van der Waals surface area contributed by atoms with Crippen LogP contribution >= 0.6 is 0 Å². The van der Waals surface area contributed by atoms with Gasteiger partial charge in [-0.25, -0.2) is 0 Å². The summed E-state index contributed by atoms with van der Waals surface area (Å²) in [5.74, 6) is 2.11. The molecule has 4 aromatic carbocycles. The summed E-state index contributed by atoms with van der Waals surface area (Å²) in [7, 11) is 0. The lowest BCUT2D eigenvalue weighted by molar-refractivity contribution is 0.0975. The number of hydrogen-bond acceptors (Lipinski definition) is 6. The second kappa shape index (κ2) is 10.1. The number of rotatable bonds is 3. The summed E-state index contributed by atoms with van der Waals surface area (Å²) in [4.78, 5) is 16.2. The molecule has 0 saturated carbocycles. The van der Waals surface area contributed by atoms with Crippen molar-refractivity contribution in [3.63, 3.8) is 0 Å². The van der Waals surface area contributed by atoms with E-state index in [4.69, 9.17) is 9.15 Å². The third-order valence-electron chi connectivity index (χ3n) is 9.69. The minimum atomic E-state index is 0.0465. The summed E-state index contributed by atoms with van der Waals surface area (Å²) in [5, 5.41) is 13.9. The van der Waals surface area contributed by atoms with Crippen LogP contribution in [-0.4, -0.2) is 41.8 Å². The number of aromatic nitrogens is 2. The van der Waals surface area contributed by atoms with Gasteiger partial charge in [-0.2, -0.15) is 0 Å². The largest absolute Gasteiger partial charge is 0.492 e. The quantitative estimate of drug-likeness (QED) is 0.255. The Bertz CT molecular complexity index is 1870. The molecular weight excluding hydrogens is 536 g/mol. The third kappa shape index (κ3) is 4.25. The fraction of sp³-hybridized carbons (Fsp3) is 0.306. The van der Waals surface area contributed by atoms with Crippen molar-refractivity contribution in [1.29, 1.82) is 0 Å². The van der Waals surface area contributed by atoms with Crippen LogP contribution < -0.4 is 15.0 Å². The van der Waals surface area contributed by atoms with E-state index in [1.165, 1.54) is 11.1 Å². The number of carbonyl (C=O) groups is 1. The Balaban J connectivity index is 1.13. The zero-order valence-corrected chi connectivity index (χ0v) is 24.5. The summed E-state index contributed by atoms with van der Waals surface area (Å²) in [6, 6.07) is 25.0. The Morgan fingerprint density at radius 2 is 1.70 bits per heavy atom. The lowest BCUT2D eigenvalue weighted by Gasteiger charge is -2.37. The normalized spacial score (nSPS) is 18.8. The molecule has 1 N–H and O–H groups in total. The Hall–Kier alpha value is -4.49. The van der Waals surface area contributed by atoms with Crippen molar-refractivity contribution in [2.75, 3.05) is 24.6 Å². The highest BCUT2D eigenvalue weighted by molar-refractivity contribution is 6.08. The Kier molecular flexibility index (Phi) is 6.12. The molecule has 1 fully saturated rings. The highest BCUT2D eigenvalue weighted by atomic mass is 16.5. The average molecular weight is 571 g/mol. The van der Waals surface area contributed by atoms with E-state index in [9.17, 15) is 4.79 Å². The number of ether oxygens (including phenoxy) is 1. The van der Waals surface area contributed by atoms with Gasteiger partial charge in [0, 0.05) is 40.8 Å². The molecule has 1 amide bonds. The molecule has 1 atom stereocenters. The topological polar surface area (TPSA) is 80.5 Å². The molecule has 0 radical (unpaired) electrons. The van der Waals surface area contributed by atoms with Crippen molar-refractivity contribution in [2.24, 2.45) is 0 Å². The van der Waals surface area contributed by atoms with Crippen LogP contribution in [0.5, 0.6) is 5.75 Å². The molecule has 1 aromatic heterocycles. The van der Waals surface area contributed by atoms with Crippen LogP contribution in [-0.2, 0) is 11.8 Å². The van der Waals surface area contributed by atoms with Gasteiger partial charge in [0.1, 0.15) is 5.75 Å². The van der Waals surface area contributed by atoms with Gasteiger partial charge in [0.15, 0.2) is 0 Å². The summed E-state index contributed by atoms with van der Waals surface area (Å²) in [5.41, 5.74) is 7.33. The molecule has 7 nitrogen and oxygen atoms in total. The summed E-state index contributed by atoms with van der Waals surface area (Å²) < 4.78 is 12.0. The van der Waals surface area contributed by atoms with Crippen molar-refractivity contribution in [3.8, 4) is 28.3 Å². The van der Waals surface area contributed by atoms with Crippen molar-refractivity contribution in [2.45, 2.75) is 51.0 Å². The molecule has 1 spiro atoms. The molecule has 0 unspecified atom stereocenters. The minimum absolute atomic E-state index is 0.0465. The standard InChI is InChI=1S/C36H34N4O3/c1-22-9-10-26-19-33-31(36(21-42-33)15-17-37-18-16-36)20-32(26)40(22)35(41)25-13-11-24(12-14-25)27-5-3-7-29-28(27)6-4-8-30(29)34-39-38-23(2)43-34/h3-8,11-14,19-20,22,37H,9-10,15-18,21H2,1-2H3/t22-/m1/s1. The lowest BCUT2D eigenvalue weighted by atomic mass is 9.74. The van der Waals surface area contributed by atoms with Gasteiger partial charge in [-0.15, -0.1) is 10.2 Å². The number of fused-ring (bicyclic) bond motifs is 4. The van der Waals surface area contributed by atoms with Crippen LogP contribution in [0.1, 0.15) is 53.6 Å². The lowest BCUT2D eigenvalue weighted by Crippen LogP contribution is -2.43. The maximum absolute atomic E-state index is 14.2. The number of anilines is 1. The van der Waals surface area contributed by atoms with Gasteiger partial charge in [-0.05, 0) is 103 Å². The van der Waals surface area contributed by atoms with Crippen molar-refractivity contribution in [3.05, 3.63) is 95.4 Å². The fourth-order valence-electron chi connectivity index (χ4n) is 7.31. The zero-order valence-electron chi connectivity index (χ0n) is 24.5. The minimum Gasteiger partial charge on any atom is -0.492 e. The SMILES string of the molecule is Cc1nnc(-c2cccc3c(-c4ccc(C(=O)N5c6cc7c(cc6CC[C@H]5C)OCC75CCNCC5)cc4)cccc23)o1. The van der Waals surface area contributed by atoms with Gasteiger partial charge in [0.2, 0.25) is 11.8 Å². The molecule has 3 aliphatic heterocycles. The van der Waals surface area contributed by atoms with Crippen molar-refractivity contribution >= 4 is 22.4 Å². The summed E-state index contributed by atoms with van der Waals surface area (Å²) in [6.45, 7) is 6.70. The van der Waals surface area contributed by atoms with Gasteiger partial charge in [-0.1, -0.05) is 42.5 Å². The number of amides is 1. The van der Waals surface area contributed by atoms with Crippen molar-refractivity contribution < 1.29 is 13.9 Å². The van der Waals surface area contributed by atoms with Crippen LogP contribution in [0.4, 0.5) is 5.69 Å². The highest BCUT2D eigenvalue weighted by Crippen LogP contribution is 2.48. The summed E-state index contributed by atoms with van der Waals surface area (Å²) in [6.07, 6.45) is 4.02. The van der Waals surface area contributed by atoms with Gasteiger partial charge in [0.05, 0.1) is 6.61 Å². The van der Waals surface area contributed by atoms with E-state index in [0.29, 0.717) is 17.3 Å². The molecule has 216 valence electrons. The van der Waals surface area contributed by atoms with E-state index in [1.807, 2.05) is 35.2 Å². The molecule has 3 aliphatic rings. The zero-order chi connectivity index (χ0) is 29.1. The van der Waals surface area contributed by atoms with E-state index in [2.05, 4.69) is 64.9 Å². The molecule has 43 heavy (non-hydrogen) atoms. The van der Waals surface area contributed by atoms with E-state index in [-0.39, 0.29) is 17.4 Å². The van der Waals surface area contributed by atoms with Gasteiger partial charge in [0.25, 0.3) is 5.91 Å². The van der Waals surface area contributed by atoms with Crippen LogP contribution in [0.2, 0.25) is 0 Å². The number of carbonyl (C=O) groups excluding carboxylic acids is 1. The number of nitrogens with zero attached hydrogens (tertiary/aromatic N) is 3. The van der Waals surface area contributed by atoms with E-state index < -0.39 is 0 Å². The molecule has 0 aliphatic carbocycles.